The molecule has 1 amide bonds. The van der Waals surface area contributed by atoms with E-state index in [0.29, 0.717) is 6.54 Å². The molecule has 1 aliphatic rings. The minimum atomic E-state index is -0.719. The summed E-state index contributed by atoms with van der Waals surface area (Å²) in [5.41, 5.74) is 1.16. The highest BCUT2D eigenvalue weighted by atomic mass is 16.5. The van der Waals surface area contributed by atoms with Crippen molar-refractivity contribution in [2.75, 3.05) is 6.54 Å². The zero-order valence-electron chi connectivity index (χ0n) is 10.2. The zero-order chi connectivity index (χ0) is 13.0. The summed E-state index contributed by atoms with van der Waals surface area (Å²) in [5, 5.41) is 0. The van der Waals surface area contributed by atoms with Crippen molar-refractivity contribution in [2.24, 2.45) is 0 Å². The molecule has 1 unspecified atom stereocenters. The van der Waals surface area contributed by atoms with Crippen LogP contribution in [-0.2, 0) is 20.7 Å². The summed E-state index contributed by atoms with van der Waals surface area (Å²) in [6, 6.07) is 9.90. The van der Waals surface area contributed by atoms with E-state index in [-0.39, 0.29) is 5.91 Å². The molecule has 1 aromatic rings. The van der Waals surface area contributed by atoms with Crippen LogP contribution in [0.3, 0.4) is 0 Å². The molecular formula is C14H15NO3. The van der Waals surface area contributed by atoms with E-state index in [2.05, 4.69) is 0 Å². The summed E-state index contributed by atoms with van der Waals surface area (Å²) in [6.07, 6.45) is 2.81. The first kappa shape index (κ1) is 12.4. The second-order valence-corrected chi connectivity index (χ2v) is 4.16. The molecule has 2 rings (SSSR count). The third kappa shape index (κ3) is 2.97. The molecule has 0 fully saturated rings. The highest BCUT2D eigenvalue weighted by Gasteiger charge is 2.24. The van der Waals surface area contributed by atoms with Crippen molar-refractivity contribution in [3.63, 3.8) is 0 Å². The summed E-state index contributed by atoms with van der Waals surface area (Å²) in [6.45, 7) is 2.13. The Morgan fingerprint density at radius 3 is 2.67 bits per heavy atom. The van der Waals surface area contributed by atoms with E-state index < -0.39 is 12.1 Å². The van der Waals surface area contributed by atoms with Crippen LogP contribution in [0.2, 0.25) is 0 Å². The first-order chi connectivity index (χ1) is 8.66. The standard InChI is InChI=1S/C14H15NO3/c1-11-14(17)15(10-8-13(16)18-11)9-7-12-5-3-2-4-6-12/h2-6,8,10-11H,7,9H2,1H3. The maximum absolute atomic E-state index is 11.9. The summed E-state index contributed by atoms with van der Waals surface area (Å²) in [5.74, 6) is -0.661. The third-order valence-corrected chi connectivity index (χ3v) is 2.80. The molecule has 1 atom stereocenters. The molecule has 4 nitrogen and oxygen atoms in total. The first-order valence-corrected chi connectivity index (χ1v) is 5.90. The molecule has 0 radical (unpaired) electrons. The number of ether oxygens (including phenoxy) is 1. The predicted octanol–water partition coefficient (Wildman–Crippen LogP) is 1.52. The van der Waals surface area contributed by atoms with E-state index in [0.717, 1.165) is 12.0 Å². The maximum atomic E-state index is 11.9. The van der Waals surface area contributed by atoms with Crippen molar-refractivity contribution >= 4 is 11.9 Å². The fraction of sp³-hybridized carbons (Fsp3) is 0.286. The average Bonchev–Trinajstić information content (AvgIpc) is 2.50. The predicted molar refractivity (Wildman–Crippen MR) is 66.6 cm³/mol. The van der Waals surface area contributed by atoms with Crippen molar-refractivity contribution < 1.29 is 14.3 Å². The molecule has 4 heteroatoms. The number of hydrogen-bond donors (Lipinski definition) is 0. The molecular weight excluding hydrogens is 230 g/mol. The normalized spacial score (nSPS) is 19.6. The SMILES string of the molecule is CC1OC(=O)C=CN(CCc2ccccc2)C1=O. The zero-order valence-corrected chi connectivity index (χ0v) is 10.2. The molecule has 0 aliphatic carbocycles. The van der Waals surface area contributed by atoms with Crippen LogP contribution >= 0.6 is 0 Å². The molecule has 0 saturated carbocycles. The van der Waals surface area contributed by atoms with Crippen molar-refractivity contribution in [2.45, 2.75) is 19.4 Å². The number of esters is 1. The Bertz CT molecular complexity index is 467. The summed E-state index contributed by atoms with van der Waals surface area (Å²) < 4.78 is 4.89. The monoisotopic (exact) mass is 245 g/mol. The Morgan fingerprint density at radius 1 is 1.22 bits per heavy atom. The van der Waals surface area contributed by atoms with Crippen LogP contribution in [0.15, 0.2) is 42.6 Å². The first-order valence-electron chi connectivity index (χ1n) is 5.90. The number of nitrogens with zero attached hydrogens (tertiary/aromatic N) is 1. The number of benzene rings is 1. The van der Waals surface area contributed by atoms with E-state index in [1.54, 1.807) is 6.92 Å². The second-order valence-electron chi connectivity index (χ2n) is 4.16. The number of hydrogen-bond acceptors (Lipinski definition) is 3. The molecule has 1 heterocycles. The van der Waals surface area contributed by atoms with Gasteiger partial charge in [-0.05, 0) is 18.9 Å². The molecule has 0 N–H and O–H groups in total. The Kier molecular flexibility index (Phi) is 3.77. The fourth-order valence-corrected chi connectivity index (χ4v) is 1.80. The van der Waals surface area contributed by atoms with Crippen LogP contribution in [0.25, 0.3) is 0 Å². The van der Waals surface area contributed by atoms with Gasteiger partial charge in [-0.1, -0.05) is 30.3 Å². The molecule has 0 spiro atoms. The number of cyclic esters (lactones) is 1. The van der Waals surface area contributed by atoms with E-state index in [9.17, 15) is 9.59 Å². The Hall–Kier alpha value is -2.10. The molecule has 0 bridgehead atoms. The van der Waals surface area contributed by atoms with Crippen molar-refractivity contribution in [3.8, 4) is 0 Å². The molecule has 0 saturated heterocycles. The number of carbonyl (C=O) groups is 2. The lowest BCUT2D eigenvalue weighted by molar-refractivity contribution is -0.152. The van der Waals surface area contributed by atoms with Gasteiger partial charge in [0.2, 0.25) is 0 Å². The van der Waals surface area contributed by atoms with Crippen molar-refractivity contribution in [1.29, 1.82) is 0 Å². The van der Waals surface area contributed by atoms with E-state index >= 15 is 0 Å². The Labute approximate surface area is 106 Å². The molecule has 1 aliphatic heterocycles. The van der Waals surface area contributed by atoms with Gasteiger partial charge < -0.3 is 9.64 Å². The average molecular weight is 245 g/mol. The van der Waals surface area contributed by atoms with E-state index in [1.807, 2.05) is 30.3 Å². The highest BCUT2D eigenvalue weighted by molar-refractivity contribution is 5.90. The lowest BCUT2D eigenvalue weighted by atomic mass is 10.1. The van der Waals surface area contributed by atoms with Gasteiger partial charge in [-0.15, -0.1) is 0 Å². The lowest BCUT2D eigenvalue weighted by Gasteiger charge is -2.19. The van der Waals surface area contributed by atoms with Crippen LogP contribution in [0.1, 0.15) is 12.5 Å². The van der Waals surface area contributed by atoms with Gasteiger partial charge in [0.15, 0.2) is 6.10 Å². The van der Waals surface area contributed by atoms with Crippen LogP contribution in [0, 0.1) is 0 Å². The molecule has 0 aromatic heterocycles. The van der Waals surface area contributed by atoms with Gasteiger partial charge in [-0.2, -0.15) is 0 Å². The summed E-state index contributed by atoms with van der Waals surface area (Å²) in [4.78, 5) is 24.6. The summed E-state index contributed by atoms with van der Waals surface area (Å²) in [7, 11) is 0. The summed E-state index contributed by atoms with van der Waals surface area (Å²) >= 11 is 0. The topological polar surface area (TPSA) is 46.6 Å². The van der Waals surface area contributed by atoms with E-state index in [4.69, 9.17) is 4.74 Å². The Balaban J connectivity index is 2.01. The minimum Gasteiger partial charge on any atom is -0.449 e. The van der Waals surface area contributed by atoms with Gasteiger partial charge in [0.05, 0.1) is 0 Å². The number of amides is 1. The number of carbonyl (C=O) groups excluding carboxylic acids is 2. The van der Waals surface area contributed by atoms with Gasteiger partial charge in [-0.25, -0.2) is 4.79 Å². The lowest BCUT2D eigenvalue weighted by Crippen LogP contribution is -2.35. The van der Waals surface area contributed by atoms with Gasteiger partial charge in [0, 0.05) is 18.8 Å². The van der Waals surface area contributed by atoms with Crippen molar-refractivity contribution in [1.82, 2.24) is 4.90 Å². The second kappa shape index (κ2) is 5.49. The van der Waals surface area contributed by atoms with Crippen LogP contribution in [0.5, 0.6) is 0 Å². The van der Waals surface area contributed by atoms with Gasteiger partial charge in [0.25, 0.3) is 5.91 Å². The molecule has 94 valence electrons. The van der Waals surface area contributed by atoms with Crippen LogP contribution in [0.4, 0.5) is 0 Å². The Morgan fingerprint density at radius 2 is 1.94 bits per heavy atom. The molecule has 1 aromatic carbocycles. The third-order valence-electron chi connectivity index (χ3n) is 2.80. The highest BCUT2D eigenvalue weighted by Crippen LogP contribution is 2.08. The molecule has 18 heavy (non-hydrogen) atoms. The van der Waals surface area contributed by atoms with Crippen LogP contribution in [-0.4, -0.2) is 29.4 Å². The quantitative estimate of drug-likeness (QED) is 0.758. The van der Waals surface area contributed by atoms with Crippen LogP contribution < -0.4 is 0 Å². The van der Waals surface area contributed by atoms with Gasteiger partial charge >= 0.3 is 5.97 Å². The number of rotatable bonds is 3. The van der Waals surface area contributed by atoms with Crippen molar-refractivity contribution in [3.05, 3.63) is 48.2 Å². The fourth-order valence-electron chi connectivity index (χ4n) is 1.80. The van der Waals surface area contributed by atoms with Gasteiger partial charge in [-0.3, -0.25) is 4.79 Å². The largest absolute Gasteiger partial charge is 0.449 e. The smallest absolute Gasteiger partial charge is 0.333 e. The van der Waals surface area contributed by atoms with E-state index in [1.165, 1.54) is 17.2 Å². The minimum absolute atomic E-state index is 0.187. The maximum Gasteiger partial charge on any atom is 0.333 e. The van der Waals surface area contributed by atoms with Gasteiger partial charge in [0.1, 0.15) is 0 Å².